The molecule has 0 saturated heterocycles. The molecule has 0 saturated carbocycles. The fourth-order valence-corrected chi connectivity index (χ4v) is 2.43. The molecular weight excluding hydrogens is 303 g/mol. The van der Waals surface area contributed by atoms with Crippen molar-refractivity contribution in [2.75, 3.05) is 5.32 Å². The number of carbonyl (C=O) groups is 1. The molecule has 23 heavy (non-hydrogen) atoms. The molecule has 0 atom stereocenters. The molecule has 0 radical (unpaired) electrons. The number of aromatic nitrogens is 2. The van der Waals surface area contributed by atoms with Crippen LogP contribution in [0.2, 0.25) is 0 Å². The summed E-state index contributed by atoms with van der Waals surface area (Å²) < 4.78 is 13.5. The molecular formula is C15H11FN4O3. The van der Waals surface area contributed by atoms with Crippen LogP contribution in [0.3, 0.4) is 0 Å². The van der Waals surface area contributed by atoms with Crippen molar-refractivity contribution in [2.24, 2.45) is 5.73 Å². The van der Waals surface area contributed by atoms with Gasteiger partial charge in [-0.2, -0.15) is 0 Å². The number of halogens is 1. The molecule has 2 amide bonds. The maximum atomic E-state index is 13.5. The van der Waals surface area contributed by atoms with Crippen LogP contribution >= 0.6 is 0 Å². The number of hydrogen-bond donors (Lipinski definition) is 4. The summed E-state index contributed by atoms with van der Waals surface area (Å²) in [6, 6.07) is 7.66. The van der Waals surface area contributed by atoms with Crippen molar-refractivity contribution < 1.29 is 9.18 Å². The topological polar surface area (TPSA) is 121 Å². The second kappa shape index (κ2) is 5.41. The first-order valence-corrected chi connectivity index (χ1v) is 6.57. The zero-order chi connectivity index (χ0) is 16.6. The van der Waals surface area contributed by atoms with Crippen LogP contribution in [0.15, 0.2) is 46.0 Å². The van der Waals surface area contributed by atoms with Crippen LogP contribution in [-0.2, 0) is 0 Å². The third-order valence-corrected chi connectivity index (χ3v) is 3.30. The number of nitrogens with one attached hydrogen (secondary N) is 3. The van der Waals surface area contributed by atoms with Crippen molar-refractivity contribution in [1.82, 2.24) is 9.97 Å². The fourth-order valence-electron chi connectivity index (χ4n) is 2.43. The van der Waals surface area contributed by atoms with E-state index < -0.39 is 23.1 Å². The van der Waals surface area contributed by atoms with Gasteiger partial charge in [-0.15, -0.1) is 0 Å². The molecule has 0 fully saturated rings. The van der Waals surface area contributed by atoms with E-state index in [0.29, 0.717) is 16.6 Å². The van der Waals surface area contributed by atoms with Gasteiger partial charge < -0.3 is 16.0 Å². The number of carbonyl (C=O) groups excluding carboxylic acids is 1. The van der Waals surface area contributed by atoms with E-state index in [1.807, 2.05) is 0 Å². The summed E-state index contributed by atoms with van der Waals surface area (Å²) in [6.07, 6.45) is 0. The Balaban J connectivity index is 2.36. The monoisotopic (exact) mass is 314 g/mol. The first kappa shape index (κ1) is 14.5. The van der Waals surface area contributed by atoms with Crippen LogP contribution in [0.25, 0.3) is 22.0 Å². The molecule has 0 aliphatic rings. The summed E-state index contributed by atoms with van der Waals surface area (Å²) in [5.74, 6) is -0.569. The normalized spacial score (nSPS) is 10.7. The molecule has 0 aliphatic carbocycles. The molecule has 1 aromatic heterocycles. The lowest BCUT2D eigenvalue weighted by Crippen LogP contribution is -2.22. The van der Waals surface area contributed by atoms with E-state index >= 15 is 0 Å². The van der Waals surface area contributed by atoms with Gasteiger partial charge in [-0.3, -0.25) is 9.78 Å². The molecule has 8 heteroatoms. The smallest absolute Gasteiger partial charge is 0.326 e. The van der Waals surface area contributed by atoms with Crippen LogP contribution in [-0.4, -0.2) is 16.0 Å². The zero-order valence-corrected chi connectivity index (χ0v) is 11.6. The summed E-state index contributed by atoms with van der Waals surface area (Å²) in [6.45, 7) is 0. The number of aromatic amines is 2. The second-order valence-electron chi connectivity index (χ2n) is 4.82. The Morgan fingerprint density at radius 2 is 1.87 bits per heavy atom. The lowest BCUT2D eigenvalue weighted by Gasteiger charge is -2.12. The number of H-pyrrole nitrogens is 2. The number of hydrogen-bond acceptors (Lipinski definition) is 3. The van der Waals surface area contributed by atoms with Gasteiger partial charge in [-0.05, 0) is 29.8 Å². The van der Waals surface area contributed by atoms with Gasteiger partial charge in [-0.1, -0.05) is 12.1 Å². The number of primary amides is 1. The molecule has 2 aromatic carbocycles. The molecule has 0 spiro atoms. The van der Waals surface area contributed by atoms with E-state index in [4.69, 9.17) is 5.73 Å². The molecule has 0 unspecified atom stereocenters. The van der Waals surface area contributed by atoms with E-state index in [9.17, 15) is 18.8 Å². The highest BCUT2D eigenvalue weighted by Gasteiger charge is 2.13. The average Bonchev–Trinajstić information content (AvgIpc) is 2.45. The minimum atomic E-state index is -0.862. The third kappa shape index (κ3) is 2.69. The van der Waals surface area contributed by atoms with E-state index in [-0.39, 0.29) is 11.1 Å². The molecule has 5 N–H and O–H groups in total. The van der Waals surface area contributed by atoms with Crippen molar-refractivity contribution >= 4 is 22.6 Å². The van der Waals surface area contributed by atoms with E-state index in [1.165, 1.54) is 12.1 Å². The molecule has 3 rings (SSSR count). The van der Waals surface area contributed by atoms with Gasteiger partial charge >= 0.3 is 11.7 Å². The maximum Gasteiger partial charge on any atom is 0.326 e. The van der Waals surface area contributed by atoms with Crippen molar-refractivity contribution in [2.45, 2.75) is 0 Å². The minimum absolute atomic E-state index is 0.121. The van der Waals surface area contributed by atoms with E-state index in [1.54, 1.807) is 18.2 Å². The predicted molar refractivity (Wildman–Crippen MR) is 83.8 cm³/mol. The second-order valence-corrected chi connectivity index (χ2v) is 4.82. The fraction of sp³-hybridized carbons (Fsp3) is 0. The van der Waals surface area contributed by atoms with Gasteiger partial charge in [0.25, 0.3) is 5.56 Å². The lowest BCUT2D eigenvalue weighted by molar-refractivity contribution is 0.259. The Morgan fingerprint density at radius 1 is 1.09 bits per heavy atom. The predicted octanol–water partition coefficient (Wildman–Crippen LogP) is 1.51. The number of benzene rings is 2. The van der Waals surface area contributed by atoms with Crippen LogP contribution in [0.1, 0.15) is 0 Å². The minimum Gasteiger partial charge on any atom is -0.351 e. The van der Waals surface area contributed by atoms with Crippen LogP contribution in [0.5, 0.6) is 0 Å². The Bertz CT molecular complexity index is 1040. The molecule has 0 aliphatic heterocycles. The van der Waals surface area contributed by atoms with Gasteiger partial charge in [0.15, 0.2) is 0 Å². The summed E-state index contributed by atoms with van der Waals surface area (Å²) in [4.78, 5) is 39.3. The average molecular weight is 314 g/mol. The zero-order valence-electron chi connectivity index (χ0n) is 11.6. The Hall–Kier alpha value is -3.42. The van der Waals surface area contributed by atoms with Gasteiger partial charge in [0, 0.05) is 5.56 Å². The van der Waals surface area contributed by atoms with Crippen LogP contribution < -0.4 is 22.3 Å². The highest BCUT2D eigenvalue weighted by molar-refractivity contribution is 6.00. The Kier molecular flexibility index (Phi) is 3.41. The van der Waals surface area contributed by atoms with Crippen molar-refractivity contribution in [3.8, 4) is 11.1 Å². The number of rotatable bonds is 2. The molecule has 3 aromatic rings. The van der Waals surface area contributed by atoms with Gasteiger partial charge in [0.2, 0.25) is 0 Å². The first-order chi connectivity index (χ1) is 11.0. The van der Waals surface area contributed by atoms with Crippen molar-refractivity contribution in [3.63, 3.8) is 0 Å². The van der Waals surface area contributed by atoms with Gasteiger partial charge in [0.05, 0.1) is 16.6 Å². The Morgan fingerprint density at radius 3 is 2.61 bits per heavy atom. The highest BCUT2D eigenvalue weighted by atomic mass is 19.1. The number of urea groups is 1. The van der Waals surface area contributed by atoms with Crippen LogP contribution in [0, 0.1) is 5.82 Å². The molecule has 7 nitrogen and oxygen atoms in total. The van der Waals surface area contributed by atoms with Gasteiger partial charge in [0.1, 0.15) is 5.82 Å². The van der Waals surface area contributed by atoms with E-state index in [0.717, 1.165) is 6.07 Å². The number of anilines is 1. The van der Waals surface area contributed by atoms with Crippen LogP contribution in [0.4, 0.5) is 14.9 Å². The highest BCUT2D eigenvalue weighted by Crippen LogP contribution is 2.32. The summed E-state index contributed by atoms with van der Waals surface area (Å²) in [5.41, 5.74) is 5.14. The Labute approximate surface area is 128 Å². The molecule has 1 heterocycles. The summed E-state index contributed by atoms with van der Waals surface area (Å²) >= 11 is 0. The third-order valence-electron chi connectivity index (χ3n) is 3.30. The quantitative estimate of drug-likeness (QED) is 0.573. The molecule has 0 bridgehead atoms. The number of nitrogens with two attached hydrogens (primary N) is 1. The summed E-state index contributed by atoms with van der Waals surface area (Å²) in [5, 5.41) is 2.54. The molecule has 116 valence electrons. The number of amides is 2. The lowest BCUT2D eigenvalue weighted by atomic mass is 9.99. The summed E-state index contributed by atoms with van der Waals surface area (Å²) in [7, 11) is 0. The number of fused-ring (bicyclic) bond motifs is 1. The van der Waals surface area contributed by atoms with Crippen molar-refractivity contribution in [3.05, 3.63) is 63.1 Å². The largest absolute Gasteiger partial charge is 0.351 e. The van der Waals surface area contributed by atoms with Crippen molar-refractivity contribution in [1.29, 1.82) is 0 Å². The SMILES string of the molecule is NC(=O)Nc1cc(F)ccc1-c1cccc2[nH]c(=O)[nH]c(=O)c12. The standard InChI is InChI=1S/C15H11FN4O3/c16-7-4-5-8(11(6-7)18-14(17)22)9-2-1-3-10-12(9)13(21)20-15(23)19-10/h1-6H,(H3,17,18,22)(H2,19,20,21,23). The van der Waals surface area contributed by atoms with Gasteiger partial charge in [-0.25, -0.2) is 14.0 Å². The maximum absolute atomic E-state index is 13.5. The first-order valence-electron chi connectivity index (χ1n) is 6.57. The van der Waals surface area contributed by atoms with E-state index in [2.05, 4.69) is 15.3 Å².